The highest BCUT2D eigenvalue weighted by atomic mass is 16.5. The number of nitrogens with one attached hydrogen (secondary N) is 1. The van der Waals surface area contributed by atoms with Crippen LogP contribution in [0.1, 0.15) is 38.4 Å². The summed E-state index contributed by atoms with van der Waals surface area (Å²) < 4.78 is 10.7. The van der Waals surface area contributed by atoms with Gasteiger partial charge in [0.1, 0.15) is 11.9 Å². The van der Waals surface area contributed by atoms with Gasteiger partial charge >= 0.3 is 0 Å². The molecule has 0 spiro atoms. The molecule has 1 amide bonds. The van der Waals surface area contributed by atoms with Crippen molar-refractivity contribution in [2.45, 2.75) is 50.8 Å². The summed E-state index contributed by atoms with van der Waals surface area (Å²) in [5, 5.41) is 2.77. The molecule has 3 N–H and O–H groups in total. The molecule has 106 valence electrons. The average molecular weight is 266 g/mol. The van der Waals surface area contributed by atoms with Gasteiger partial charge in [0.2, 0.25) is 5.91 Å². The highest BCUT2D eigenvalue weighted by Crippen LogP contribution is 2.27. The zero-order valence-electron chi connectivity index (χ0n) is 11.4. The molecule has 0 aliphatic heterocycles. The third kappa shape index (κ3) is 4.08. The van der Waals surface area contributed by atoms with Gasteiger partial charge in [-0.25, -0.2) is 0 Å². The predicted octanol–water partition coefficient (Wildman–Crippen LogP) is 1.57. The first-order valence-corrected chi connectivity index (χ1v) is 6.80. The largest absolute Gasteiger partial charge is 0.467 e. The molecule has 0 aromatic carbocycles. The number of hydrogen-bond donors (Lipinski definition) is 2. The van der Waals surface area contributed by atoms with Crippen molar-refractivity contribution in [2.75, 3.05) is 6.61 Å². The SMILES string of the molecule is CC(OCC1(N)CCCC1)C(=O)NCc1ccco1. The van der Waals surface area contributed by atoms with Crippen LogP contribution in [0.4, 0.5) is 0 Å². The van der Waals surface area contributed by atoms with Crippen LogP contribution < -0.4 is 11.1 Å². The highest BCUT2D eigenvalue weighted by Gasteiger charge is 2.30. The van der Waals surface area contributed by atoms with Gasteiger partial charge in [0.05, 0.1) is 19.4 Å². The van der Waals surface area contributed by atoms with E-state index in [-0.39, 0.29) is 11.4 Å². The second kappa shape index (κ2) is 6.21. The van der Waals surface area contributed by atoms with E-state index in [1.165, 1.54) is 0 Å². The van der Waals surface area contributed by atoms with E-state index in [0.717, 1.165) is 31.4 Å². The third-order valence-corrected chi connectivity index (χ3v) is 3.61. The number of amides is 1. The van der Waals surface area contributed by atoms with Crippen molar-refractivity contribution in [1.29, 1.82) is 0 Å². The smallest absolute Gasteiger partial charge is 0.249 e. The quantitative estimate of drug-likeness (QED) is 0.819. The third-order valence-electron chi connectivity index (χ3n) is 3.61. The lowest BCUT2D eigenvalue weighted by Crippen LogP contribution is -2.44. The van der Waals surface area contributed by atoms with Gasteiger partial charge in [-0.05, 0) is 31.9 Å². The first kappa shape index (κ1) is 14.1. The van der Waals surface area contributed by atoms with Crippen molar-refractivity contribution in [2.24, 2.45) is 5.73 Å². The fraction of sp³-hybridized carbons (Fsp3) is 0.643. The Hall–Kier alpha value is -1.33. The number of furan rings is 1. The molecule has 1 aromatic heterocycles. The monoisotopic (exact) mass is 266 g/mol. The van der Waals surface area contributed by atoms with E-state index in [0.29, 0.717) is 13.2 Å². The number of carbonyl (C=O) groups excluding carboxylic acids is 1. The average Bonchev–Trinajstić information content (AvgIpc) is 3.05. The molecule has 1 aromatic rings. The Morgan fingerprint density at radius 1 is 1.58 bits per heavy atom. The van der Waals surface area contributed by atoms with Gasteiger partial charge in [-0.15, -0.1) is 0 Å². The molecular weight excluding hydrogens is 244 g/mol. The maximum Gasteiger partial charge on any atom is 0.249 e. The van der Waals surface area contributed by atoms with Crippen LogP contribution in [0.3, 0.4) is 0 Å². The molecule has 1 aliphatic rings. The summed E-state index contributed by atoms with van der Waals surface area (Å²) in [6.07, 6.45) is 5.36. The van der Waals surface area contributed by atoms with Gasteiger partial charge < -0.3 is 20.2 Å². The number of rotatable bonds is 6. The van der Waals surface area contributed by atoms with Gasteiger partial charge in [-0.2, -0.15) is 0 Å². The maximum atomic E-state index is 11.8. The lowest BCUT2D eigenvalue weighted by molar-refractivity contribution is -0.133. The second-order valence-corrected chi connectivity index (χ2v) is 5.32. The van der Waals surface area contributed by atoms with E-state index in [2.05, 4.69) is 5.32 Å². The fourth-order valence-electron chi connectivity index (χ4n) is 2.32. The van der Waals surface area contributed by atoms with Crippen molar-refractivity contribution in [1.82, 2.24) is 5.32 Å². The number of nitrogens with two attached hydrogens (primary N) is 1. The summed E-state index contributed by atoms with van der Waals surface area (Å²) >= 11 is 0. The Bertz CT molecular complexity index is 397. The zero-order valence-corrected chi connectivity index (χ0v) is 11.4. The van der Waals surface area contributed by atoms with Crippen LogP contribution in [0.5, 0.6) is 0 Å². The minimum atomic E-state index is -0.490. The Balaban J connectivity index is 1.70. The summed E-state index contributed by atoms with van der Waals surface area (Å²) in [7, 11) is 0. The minimum absolute atomic E-state index is 0.141. The fourth-order valence-corrected chi connectivity index (χ4v) is 2.32. The van der Waals surface area contributed by atoms with E-state index in [1.54, 1.807) is 19.3 Å². The molecule has 1 unspecified atom stereocenters. The number of ether oxygens (including phenoxy) is 1. The van der Waals surface area contributed by atoms with Gasteiger partial charge in [0, 0.05) is 5.54 Å². The van der Waals surface area contributed by atoms with Crippen molar-refractivity contribution in [3.05, 3.63) is 24.2 Å². The Morgan fingerprint density at radius 3 is 2.95 bits per heavy atom. The molecule has 0 bridgehead atoms. The summed E-state index contributed by atoms with van der Waals surface area (Å²) in [5.74, 6) is 0.588. The summed E-state index contributed by atoms with van der Waals surface area (Å²) in [6.45, 7) is 2.57. The van der Waals surface area contributed by atoms with Crippen molar-refractivity contribution in [3.8, 4) is 0 Å². The first-order valence-electron chi connectivity index (χ1n) is 6.80. The molecule has 1 saturated carbocycles. The van der Waals surface area contributed by atoms with Gasteiger partial charge in [-0.1, -0.05) is 12.8 Å². The maximum absolute atomic E-state index is 11.8. The van der Waals surface area contributed by atoms with E-state index < -0.39 is 6.10 Å². The van der Waals surface area contributed by atoms with Crippen LogP contribution in [0, 0.1) is 0 Å². The molecule has 1 heterocycles. The molecular formula is C14H22N2O3. The van der Waals surface area contributed by atoms with Crippen LogP contribution in [0.25, 0.3) is 0 Å². The molecule has 0 saturated heterocycles. The van der Waals surface area contributed by atoms with Crippen LogP contribution in [-0.4, -0.2) is 24.2 Å². The normalized spacial score (nSPS) is 19.3. The Morgan fingerprint density at radius 2 is 2.32 bits per heavy atom. The molecule has 1 fully saturated rings. The van der Waals surface area contributed by atoms with E-state index in [9.17, 15) is 4.79 Å². The van der Waals surface area contributed by atoms with Crippen molar-refractivity contribution < 1.29 is 13.9 Å². The molecule has 1 atom stereocenters. The molecule has 1 aliphatic carbocycles. The zero-order chi connectivity index (χ0) is 13.7. The second-order valence-electron chi connectivity index (χ2n) is 5.32. The molecule has 5 nitrogen and oxygen atoms in total. The summed E-state index contributed by atoms with van der Waals surface area (Å²) in [4.78, 5) is 11.8. The minimum Gasteiger partial charge on any atom is -0.467 e. The highest BCUT2D eigenvalue weighted by molar-refractivity contribution is 5.80. The van der Waals surface area contributed by atoms with Crippen LogP contribution in [0.2, 0.25) is 0 Å². The van der Waals surface area contributed by atoms with E-state index >= 15 is 0 Å². The Labute approximate surface area is 113 Å². The summed E-state index contributed by atoms with van der Waals surface area (Å²) in [5.41, 5.74) is 5.95. The van der Waals surface area contributed by atoms with Crippen LogP contribution in [0.15, 0.2) is 22.8 Å². The van der Waals surface area contributed by atoms with Gasteiger partial charge in [-0.3, -0.25) is 4.79 Å². The topological polar surface area (TPSA) is 77.5 Å². The molecule has 0 radical (unpaired) electrons. The van der Waals surface area contributed by atoms with Gasteiger partial charge in [0.25, 0.3) is 0 Å². The lowest BCUT2D eigenvalue weighted by Gasteiger charge is -2.25. The van der Waals surface area contributed by atoms with E-state index in [4.69, 9.17) is 14.9 Å². The first-order chi connectivity index (χ1) is 9.09. The molecule has 5 heteroatoms. The molecule has 2 rings (SSSR count). The molecule has 19 heavy (non-hydrogen) atoms. The summed E-state index contributed by atoms with van der Waals surface area (Å²) in [6, 6.07) is 3.61. The van der Waals surface area contributed by atoms with Crippen molar-refractivity contribution in [3.63, 3.8) is 0 Å². The lowest BCUT2D eigenvalue weighted by atomic mass is 10.0. The standard InChI is InChI=1S/C14H22N2O3/c1-11(19-10-14(15)6-2-3-7-14)13(17)16-9-12-5-4-8-18-12/h4-5,8,11H,2-3,6-7,9-10,15H2,1H3,(H,16,17). The number of hydrogen-bond acceptors (Lipinski definition) is 4. The predicted molar refractivity (Wildman–Crippen MR) is 71.4 cm³/mol. The van der Waals surface area contributed by atoms with Crippen LogP contribution >= 0.6 is 0 Å². The van der Waals surface area contributed by atoms with Crippen molar-refractivity contribution >= 4 is 5.91 Å². The number of carbonyl (C=O) groups is 1. The van der Waals surface area contributed by atoms with E-state index in [1.807, 2.05) is 6.07 Å². The van der Waals surface area contributed by atoms with Crippen LogP contribution in [-0.2, 0) is 16.1 Å². The Kier molecular flexibility index (Phi) is 4.61. The van der Waals surface area contributed by atoms with Gasteiger partial charge in [0.15, 0.2) is 0 Å².